The highest BCUT2D eigenvalue weighted by molar-refractivity contribution is 7.89. The van der Waals surface area contributed by atoms with E-state index in [0.29, 0.717) is 18.8 Å². The zero-order chi connectivity index (χ0) is 15.2. The molecule has 7 heteroatoms. The third-order valence-electron chi connectivity index (χ3n) is 2.74. The number of aromatic nitrogens is 1. The van der Waals surface area contributed by atoms with Gasteiger partial charge in [-0.2, -0.15) is 0 Å². The van der Waals surface area contributed by atoms with E-state index < -0.39 is 10.0 Å². The molecule has 1 heterocycles. The summed E-state index contributed by atoms with van der Waals surface area (Å²) in [6.45, 7) is 6.86. The van der Waals surface area contributed by atoms with Crippen LogP contribution in [-0.4, -0.2) is 37.3 Å². The van der Waals surface area contributed by atoms with Gasteiger partial charge in [-0.25, -0.2) is 13.1 Å². The van der Waals surface area contributed by atoms with E-state index in [1.807, 2.05) is 20.8 Å². The molecule has 0 aliphatic carbocycles. The van der Waals surface area contributed by atoms with Crippen LogP contribution in [0, 0.1) is 0 Å². The van der Waals surface area contributed by atoms with Gasteiger partial charge in [0.2, 0.25) is 10.0 Å². The Morgan fingerprint density at radius 1 is 1.45 bits per heavy atom. The minimum absolute atomic E-state index is 0.0751. The summed E-state index contributed by atoms with van der Waals surface area (Å²) in [5, 5.41) is 9.24. The molecule has 0 bridgehead atoms. The van der Waals surface area contributed by atoms with E-state index in [4.69, 9.17) is 4.74 Å². The third-order valence-corrected chi connectivity index (χ3v) is 4.17. The number of aliphatic hydroxyl groups is 1. The molecular formula is C13H24N2O4S. The van der Waals surface area contributed by atoms with Crippen molar-refractivity contribution in [3.05, 3.63) is 18.0 Å². The molecule has 20 heavy (non-hydrogen) atoms. The summed E-state index contributed by atoms with van der Waals surface area (Å²) in [5.74, 6) is 0. The van der Waals surface area contributed by atoms with Crippen LogP contribution in [0.4, 0.5) is 0 Å². The van der Waals surface area contributed by atoms with E-state index in [1.54, 1.807) is 10.8 Å². The normalized spacial score (nSPS) is 12.2. The van der Waals surface area contributed by atoms with Gasteiger partial charge in [0.1, 0.15) is 0 Å². The van der Waals surface area contributed by atoms with Gasteiger partial charge in [0, 0.05) is 25.0 Å². The molecule has 0 aromatic carbocycles. The number of ether oxygens (including phenoxy) is 1. The molecule has 0 radical (unpaired) electrons. The van der Waals surface area contributed by atoms with E-state index >= 15 is 0 Å². The van der Waals surface area contributed by atoms with Gasteiger partial charge in [0.15, 0.2) is 0 Å². The first-order valence-electron chi connectivity index (χ1n) is 6.82. The van der Waals surface area contributed by atoms with Gasteiger partial charge in [0.05, 0.1) is 24.2 Å². The zero-order valence-corrected chi connectivity index (χ0v) is 13.1. The number of rotatable bonds is 9. The van der Waals surface area contributed by atoms with Crippen LogP contribution in [-0.2, 0) is 27.9 Å². The molecule has 0 fully saturated rings. The first kappa shape index (κ1) is 17.2. The van der Waals surface area contributed by atoms with Crippen molar-refractivity contribution >= 4 is 10.0 Å². The summed E-state index contributed by atoms with van der Waals surface area (Å²) < 4.78 is 33.7. The fraction of sp³-hybridized carbons (Fsp3) is 0.692. The average Bonchev–Trinajstić information content (AvgIpc) is 2.79. The second kappa shape index (κ2) is 7.78. The molecule has 0 aliphatic rings. The maximum absolute atomic E-state index is 12.1. The molecule has 0 amide bonds. The molecule has 0 aliphatic heterocycles. The molecule has 6 nitrogen and oxygen atoms in total. The van der Waals surface area contributed by atoms with Crippen molar-refractivity contribution in [3.8, 4) is 0 Å². The van der Waals surface area contributed by atoms with Gasteiger partial charge in [-0.05, 0) is 26.3 Å². The average molecular weight is 304 g/mol. The van der Waals surface area contributed by atoms with Gasteiger partial charge >= 0.3 is 0 Å². The van der Waals surface area contributed by atoms with Crippen LogP contribution in [0.1, 0.15) is 32.9 Å². The fourth-order valence-electron chi connectivity index (χ4n) is 1.81. The minimum atomic E-state index is -3.55. The van der Waals surface area contributed by atoms with Gasteiger partial charge in [-0.3, -0.25) is 0 Å². The van der Waals surface area contributed by atoms with E-state index in [9.17, 15) is 13.5 Å². The number of aliphatic hydroxyl groups excluding tert-OH is 1. The Bertz CT molecular complexity index is 508. The quantitative estimate of drug-likeness (QED) is 0.669. The van der Waals surface area contributed by atoms with E-state index in [2.05, 4.69) is 4.72 Å². The Morgan fingerprint density at radius 3 is 2.70 bits per heavy atom. The number of hydrogen-bond donors (Lipinski definition) is 2. The first-order chi connectivity index (χ1) is 9.40. The smallest absolute Gasteiger partial charge is 0.242 e. The van der Waals surface area contributed by atoms with Crippen LogP contribution in [0.15, 0.2) is 17.2 Å². The van der Waals surface area contributed by atoms with Gasteiger partial charge < -0.3 is 14.4 Å². The van der Waals surface area contributed by atoms with Gasteiger partial charge in [0.25, 0.3) is 0 Å². The van der Waals surface area contributed by atoms with Gasteiger partial charge in [-0.15, -0.1) is 0 Å². The lowest BCUT2D eigenvalue weighted by atomic mass is 10.4. The first-order valence-corrected chi connectivity index (χ1v) is 8.30. The number of aryl methyl sites for hydroxylation is 1. The molecule has 0 spiro atoms. The molecule has 0 saturated heterocycles. The molecule has 0 atom stereocenters. The van der Waals surface area contributed by atoms with Crippen molar-refractivity contribution in [2.24, 2.45) is 0 Å². The molecule has 0 unspecified atom stereocenters. The summed E-state index contributed by atoms with van der Waals surface area (Å²) in [6.07, 6.45) is 2.50. The monoisotopic (exact) mass is 304 g/mol. The van der Waals surface area contributed by atoms with Crippen molar-refractivity contribution < 1.29 is 18.3 Å². The summed E-state index contributed by atoms with van der Waals surface area (Å²) in [4.78, 5) is 0.180. The second-order valence-corrected chi connectivity index (χ2v) is 6.60. The van der Waals surface area contributed by atoms with Crippen molar-refractivity contribution in [1.82, 2.24) is 9.29 Å². The molecule has 2 N–H and O–H groups in total. The number of nitrogens with one attached hydrogen (secondary N) is 1. The molecule has 1 rings (SSSR count). The van der Waals surface area contributed by atoms with Crippen LogP contribution >= 0.6 is 0 Å². The van der Waals surface area contributed by atoms with E-state index in [0.717, 1.165) is 6.42 Å². The number of nitrogens with zero attached hydrogens (tertiary/aromatic N) is 1. The highest BCUT2D eigenvalue weighted by atomic mass is 32.2. The lowest BCUT2D eigenvalue weighted by Crippen LogP contribution is -2.28. The van der Waals surface area contributed by atoms with Crippen molar-refractivity contribution in [3.63, 3.8) is 0 Å². The van der Waals surface area contributed by atoms with Crippen molar-refractivity contribution in [2.45, 2.75) is 51.3 Å². The van der Waals surface area contributed by atoms with Crippen LogP contribution in [0.25, 0.3) is 0 Å². The second-order valence-electron chi connectivity index (χ2n) is 4.84. The highest BCUT2D eigenvalue weighted by Crippen LogP contribution is 2.15. The summed E-state index contributed by atoms with van der Waals surface area (Å²) in [5.41, 5.74) is 0.602. The van der Waals surface area contributed by atoms with E-state index in [-0.39, 0.29) is 24.2 Å². The molecule has 1 aromatic rings. The standard InChI is InChI=1S/C13H24N2O4S/c1-4-6-15-9-13(8-12(15)10-16)20(17,18)14-5-7-19-11(2)3/h8-9,11,14,16H,4-7,10H2,1-3H3. The van der Waals surface area contributed by atoms with Crippen LogP contribution in [0.3, 0.4) is 0 Å². The Morgan fingerprint density at radius 2 is 2.15 bits per heavy atom. The summed E-state index contributed by atoms with van der Waals surface area (Å²) in [7, 11) is -3.55. The predicted octanol–water partition coefficient (Wildman–Crippen LogP) is 1.09. The fourth-order valence-corrected chi connectivity index (χ4v) is 2.88. The lowest BCUT2D eigenvalue weighted by Gasteiger charge is -2.08. The molecule has 1 aromatic heterocycles. The number of hydrogen-bond acceptors (Lipinski definition) is 4. The summed E-state index contributed by atoms with van der Waals surface area (Å²) in [6, 6.07) is 1.50. The van der Waals surface area contributed by atoms with Crippen molar-refractivity contribution in [1.29, 1.82) is 0 Å². The lowest BCUT2D eigenvalue weighted by molar-refractivity contribution is 0.0834. The Kier molecular flexibility index (Phi) is 6.67. The molecular weight excluding hydrogens is 280 g/mol. The maximum atomic E-state index is 12.1. The molecule has 116 valence electrons. The topological polar surface area (TPSA) is 80.6 Å². The predicted molar refractivity (Wildman–Crippen MR) is 76.9 cm³/mol. The van der Waals surface area contributed by atoms with Gasteiger partial charge in [-0.1, -0.05) is 6.92 Å². The van der Waals surface area contributed by atoms with Crippen molar-refractivity contribution in [2.75, 3.05) is 13.2 Å². The highest BCUT2D eigenvalue weighted by Gasteiger charge is 2.17. The Balaban J connectivity index is 2.71. The minimum Gasteiger partial charge on any atom is -0.390 e. The van der Waals surface area contributed by atoms with Crippen LogP contribution < -0.4 is 4.72 Å². The third kappa shape index (κ3) is 4.90. The Hall–Kier alpha value is -0.890. The maximum Gasteiger partial charge on any atom is 0.242 e. The van der Waals surface area contributed by atoms with Crippen LogP contribution in [0.2, 0.25) is 0 Å². The Labute approximate surface area is 120 Å². The zero-order valence-electron chi connectivity index (χ0n) is 12.3. The largest absolute Gasteiger partial charge is 0.390 e. The molecule has 0 saturated carbocycles. The van der Waals surface area contributed by atoms with Crippen LogP contribution in [0.5, 0.6) is 0 Å². The summed E-state index contributed by atoms with van der Waals surface area (Å²) >= 11 is 0. The number of sulfonamides is 1. The van der Waals surface area contributed by atoms with E-state index in [1.165, 1.54) is 6.07 Å². The SMILES string of the molecule is CCCn1cc(S(=O)(=O)NCCOC(C)C)cc1CO.